The van der Waals surface area contributed by atoms with Gasteiger partial charge in [-0.25, -0.2) is 0 Å². The number of fused-ring (bicyclic) bond motifs is 3. The molecule has 0 bridgehead atoms. The lowest BCUT2D eigenvalue weighted by molar-refractivity contribution is 1.18. The van der Waals surface area contributed by atoms with Crippen molar-refractivity contribution in [2.24, 2.45) is 0 Å². The molecule has 3 aromatic carbocycles. The van der Waals surface area contributed by atoms with E-state index in [0.717, 1.165) is 6.42 Å². The van der Waals surface area contributed by atoms with Crippen molar-refractivity contribution < 1.29 is 0 Å². The zero-order chi connectivity index (χ0) is 15.9. The van der Waals surface area contributed by atoms with E-state index in [0.29, 0.717) is 0 Å². The Kier molecular flexibility index (Phi) is 2.92. The van der Waals surface area contributed by atoms with Gasteiger partial charge in [0.1, 0.15) is 0 Å². The van der Waals surface area contributed by atoms with Crippen LogP contribution in [0.3, 0.4) is 0 Å². The molecule has 0 atom stereocenters. The maximum atomic E-state index is 2.37. The van der Waals surface area contributed by atoms with Crippen LogP contribution in [0.25, 0.3) is 33.1 Å². The highest BCUT2D eigenvalue weighted by molar-refractivity contribution is 6.09. The molecular formula is C23H17N. The predicted molar refractivity (Wildman–Crippen MR) is 103 cm³/mol. The summed E-state index contributed by atoms with van der Waals surface area (Å²) in [5.41, 5.74) is 6.43. The van der Waals surface area contributed by atoms with Crippen LogP contribution in [0.5, 0.6) is 0 Å². The van der Waals surface area contributed by atoms with Gasteiger partial charge in [0.05, 0.1) is 11.0 Å². The molecule has 0 spiro atoms. The number of para-hydroxylation sites is 2. The van der Waals surface area contributed by atoms with Gasteiger partial charge >= 0.3 is 0 Å². The summed E-state index contributed by atoms with van der Waals surface area (Å²) in [5, 5.41) is 2.61. The molecule has 114 valence electrons. The second-order valence-electron chi connectivity index (χ2n) is 6.24. The fourth-order valence-corrected chi connectivity index (χ4v) is 3.71. The maximum Gasteiger partial charge on any atom is 0.0541 e. The molecule has 0 radical (unpaired) electrons. The SMILES string of the molecule is C1=CCC(c2cccc(-n3c4ccccc4c4ccccc43)c2)=C1. The molecule has 0 saturated heterocycles. The quantitative estimate of drug-likeness (QED) is 0.420. The third-order valence-corrected chi connectivity index (χ3v) is 4.83. The molecule has 0 fully saturated rings. The Hall–Kier alpha value is -3.06. The molecule has 0 aliphatic heterocycles. The highest BCUT2D eigenvalue weighted by Gasteiger charge is 2.12. The number of hydrogen-bond acceptors (Lipinski definition) is 0. The molecule has 24 heavy (non-hydrogen) atoms. The van der Waals surface area contributed by atoms with Crippen molar-refractivity contribution in [2.45, 2.75) is 6.42 Å². The van der Waals surface area contributed by atoms with Crippen molar-refractivity contribution in [3.05, 3.63) is 96.6 Å². The van der Waals surface area contributed by atoms with Gasteiger partial charge in [0.25, 0.3) is 0 Å². The van der Waals surface area contributed by atoms with Crippen LogP contribution in [0, 0.1) is 0 Å². The molecule has 1 heterocycles. The van der Waals surface area contributed by atoms with Crippen LogP contribution in [-0.2, 0) is 0 Å². The van der Waals surface area contributed by atoms with Crippen LogP contribution in [0.15, 0.2) is 91.0 Å². The van der Waals surface area contributed by atoms with Gasteiger partial charge in [-0.2, -0.15) is 0 Å². The van der Waals surface area contributed by atoms with Crippen LogP contribution in [0.2, 0.25) is 0 Å². The van der Waals surface area contributed by atoms with Gasteiger partial charge in [-0.3, -0.25) is 0 Å². The van der Waals surface area contributed by atoms with Crippen molar-refractivity contribution in [3.8, 4) is 5.69 Å². The van der Waals surface area contributed by atoms with Crippen molar-refractivity contribution in [1.82, 2.24) is 4.57 Å². The number of rotatable bonds is 2. The molecule has 1 aliphatic carbocycles. The van der Waals surface area contributed by atoms with Crippen LogP contribution in [-0.4, -0.2) is 4.57 Å². The second kappa shape index (κ2) is 5.24. The molecule has 0 saturated carbocycles. The van der Waals surface area contributed by atoms with Gasteiger partial charge in [0.15, 0.2) is 0 Å². The summed E-state index contributed by atoms with van der Waals surface area (Å²) < 4.78 is 2.37. The van der Waals surface area contributed by atoms with E-state index in [-0.39, 0.29) is 0 Å². The summed E-state index contributed by atoms with van der Waals surface area (Å²) in [6.07, 6.45) is 7.59. The molecular weight excluding hydrogens is 290 g/mol. The second-order valence-corrected chi connectivity index (χ2v) is 6.24. The van der Waals surface area contributed by atoms with E-state index >= 15 is 0 Å². The van der Waals surface area contributed by atoms with Gasteiger partial charge in [0.2, 0.25) is 0 Å². The Morgan fingerprint density at radius 1 is 0.708 bits per heavy atom. The largest absolute Gasteiger partial charge is 0.309 e. The Bertz CT molecular complexity index is 1070. The number of nitrogens with zero attached hydrogens (tertiary/aromatic N) is 1. The topological polar surface area (TPSA) is 4.93 Å². The predicted octanol–water partition coefficient (Wildman–Crippen LogP) is 6.13. The van der Waals surface area contributed by atoms with E-state index in [2.05, 4.69) is 95.6 Å². The Labute approximate surface area is 141 Å². The first-order chi connectivity index (χ1) is 11.9. The monoisotopic (exact) mass is 307 g/mol. The molecule has 1 aromatic heterocycles. The first-order valence-electron chi connectivity index (χ1n) is 8.36. The van der Waals surface area contributed by atoms with Gasteiger partial charge in [-0.05, 0) is 41.8 Å². The average Bonchev–Trinajstić information content (AvgIpc) is 3.28. The highest BCUT2D eigenvalue weighted by Crippen LogP contribution is 2.33. The lowest BCUT2D eigenvalue weighted by atomic mass is 10.0. The Morgan fingerprint density at radius 3 is 2.08 bits per heavy atom. The summed E-state index contributed by atoms with van der Waals surface area (Å²) in [6.45, 7) is 0. The molecule has 0 unspecified atom stereocenters. The van der Waals surface area contributed by atoms with Gasteiger partial charge < -0.3 is 4.57 Å². The van der Waals surface area contributed by atoms with E-state index in [9.17, 15) is 0 Å². The number of hydrogen-bond donors (Lipinski definition) is 0. The summed E-state index contributed by atoms with van der Waals surface area (Å²) in [4.78, 5) is 0. The minimum Gasteiger partial charge on any atom is -0.309 e. The summed E-state index contributed by atoms with van der Waals surface area (Å²) in [7, 11) is 0. The summed E-state index contributed by atoms with van der Waals surface area (Å²) >= 11 is 0. The highest BCUT2D eigenvalue weighted by atomic mass is 15.0. The number of allylic oxidation sites excluding steroid dienone is 4. The zero-order valence-corrected chi connectivity index (χ0v) is 13.3. The molecule has 0 amide bonds. The van der Waals surface area contributed by atoms with E-state index in [1.165, 1.54) is 38.6 Å². The lowest BCUT2D eigenvalue weighted by Gasteiger charge is -2.10. The molecule has 1 aliphatic rings. The molecule has 1 nitrogen and oxygen atoms in total. The van der Waals surface area contributed by atoms with Crippen molar-refractivity contribution >= 4 is 27.4 Å². The van der Waals surface area contributed by atoms with E-state index in [1.54, 1.807) is 0 Å². The summed E-state index contributed by atoms with van der Waals surface area (Å²) in [5.74, 6) is 0. The summed E-state index contributed by atoms with van der Waals surface area (Å²) in [6, 6.07) is 26.2. The van der Waals surface area contributed by atoms with E-state index < -0.39 is 0 Å². The van der Waals surface area contributed by atoms with Crippen LogP contribution in [0.1, 0.15) is 12.0 Å². The van der Waals surface area contributed by atoms with Crippen molar-refractivity contribution in [2.75, 3.05) is 0 Å². The fourth-order valence-electron chi connectivity index (χ4n) is 3.71. The third kappa shape index (κ3) is 1.95. The Balaban J connectivity index is 1.81. The molecule has 5 rings (SSSR count). The van der Waals surface area contributed by atoms with Crippen molar-refractivity contribution in [3.63, 3.8) is 0 Å². The van der Waals surface area contributed by atoms with Gasteiger partial charge in [-0.15, -0.1) is 0 Å². The standard InChI is InChI=1S/C23H17N/c1-2-9-17(8-1)18-10-7-11-19(16-18)24-22-14-5-3-12-20(22)21-13-4-6-15-23(21)24/h1-8,10-16H,9H2. The smallest absolute Gasteiger partial charge is 0.0541 e. The minimum atomic E-state index is 1.02. The van der Waals surface area contributed by atoms with Crippen molar-refractivity contribution in [1.29, 1.82) is 0 Å². The number of benzene rings is 3. The van der Waals surface area contributed by atoms with Gasteiger partial charge in [0, 0.05) is 16.5 Å². The molecule has 0 N–H and O–H groups in total. The maximum absolute atomic E-state index is 2.37. The first kappa shape index (κ1) is 13.4. The number of aromatic nitrogens is 1. The molecule has 1 heteroatoms. The zero-order valence-electron chi connectivity index (χ0n) is 13.3. The van der Waals surface area contributed by atoms with E-state index in [4.69, 9.17) is 0 Å². The van der Waals surface area contributed by atoms with Gasteiger partial charge in [-0.1, -0.05) is 66.8 Å². The normalized spacial score (nSPS) is 13.8. The first-order valence-corrected chi connectivity index (χ1v) is 8.36. The fraction of sp³-hybridized carbons (Fsp3) is 0.0435. The average molecular weight is 307 g/mol. The third-order valence-electron chi connectivity index (χ3n) is 4.83. The molecule has 4 aromatic rings. The van der Waals surface area contributed by atoms with Crippen LogP contribution < -0.4 is 0 Å². The Morgan fingerprint density at radius 2 is 1.42 bits per heavy atom. The minimum absolute atomic E-state index is 1.02. The lowest BCUT2D eigenvalue weighted by Crippen LogP contribution is -1.94. The van der Waals surface area contributed by atoms with Crippen LogP contribution >= 0.6 is 0 Å². The van der Waals surface area contributed by atoms with Crippen LogP contribution in [0.4, 0.5) is 0 Å². The van der Waals surface area contributed by atoms with E-state index in [1.807, 2.05) is 0 Å².